The van der Waals surface area contributed by atoms with Crippen LogP contribution in [-0.2, 0) is 11.2 Å². The SMILES string of the molecule is O=C(CCCc1ccccc1)N/N=C/c1ccccc1Br. The average molecular weight is 345 g/mol. The molecule has 108 valence electrons. The number of halogens is 1. The molecule has 2 aromatic carbocycles. The molecule has 0 unspecified atom stereocenters. The van der Waals surface area contributed by atoms with E-state index in [1.54, 1.807) is 6.21 Å². The molecule has 2 aromatic rings. The molecular formula is C17H17BrN2O. The first-order chi connectivity index (χ1) is 10.3. The zero-order valence-electron chi connectivity index (χ0n) is 11.6. The summed E-state index contributed by atoms with van der Waals surface area (Å²) in [4.78, 5) is 11.7. The monoisotopic (exact) mass is 344 g/mol. The minimum atomic E-state index is -0.0609. The van der Waals surface area contributed by atoms with Crippen LogP contribution in [0.15, 0.2) is 64.2 Å². The van der Waals surface area contributed by atoms with Gasteiger partial charge in [0.25, 0.3) is 0 Å². The lowest BCUT2D eigenvalue weighted by Crippen LogP contribution is -2.17. The third kappa shape index (κ3) is 5.52. The first-order valence-electron chi connectivity index (χ1n) is 6.86. The Hall–Kier alpha value is -1.94. The molecule has 0 atom stereocenters. The standard InChI is InChI=1S/C17H17BrN2O/c18-16-11-5-4-10-15(16)13-19-20-17(21)12-6-9-14-7-2-1-3-8-14/h1-5,7-8,10-11,13H,6,9,12H2,(H,20,21)/b19-13+. The topological polar surface area (TPSA) is 41.5 Å². The van der Waals surface area contributed by atoms with Crippen molar-refractivity contribution in [3.8, 4) is 0 Å². The molecular weight excluding hydrogens is 328 g/mol. The maximum absolute atomic E-state index is 11.7. The summed E-state index contributed by atoms with van der Waals surface area (Å²) in [6.45, 7) is 0. The molecule has 0 bridgehead atoms. The van der Waals surface area contributed by atoms with Crippen molar-refractivity contribution < 1.29 is 4.79 Å². The first kappa shape index (κ1) is 15.4. The third-order valence-corrected chi connectivity index (χ3v) is 3.73. The van der Waals surface area contributed by atoms with E-state index >= 15 is 0 Å². The Labute approximate surface area is 133 Å². The van der Waals surface area contributed by atoms with Gasteiger partial charge in [-0.05, 0) is 24.5 Å². The second-order valence-corrected chi connectivity index (χ2v) is 5.51. The predicted octanol–water partition coefficient (Wildman–Crippen LogP) is 3.92. The maximum Gasteiger partial charge on any atom is 0.240 e. The average Bonchev–Trinajstić information content (AvgIpc) is 2.50. The van der Waals surface area contributed by atoms with Crippen molar-refractivity contribution in [1.29, 1.82) is 0 Å². The summed E-state index contributed by atoms with van der Waals surface area (Å²) in [5.41, 5.74) is 4.74. The molecule has 0 heterocycles. The highest BCUT2D eigenvalue weighted by molar-refractivity contribution is 9.10. The van der Waals surface area contributed by atoms with E-state index in [4.69, 9.17) is 0 Å². The Kier molecular flexibility index (Phi) is 6.16. The summed E-state index contributed by atoms with van der Waals surface area (Å²) in [5.74, 6) is -0.0609. The van der Waals surface area contributed by atoms with Gasteiger partial charge in [0.1, 0.15) is 0 Å². The summed E-state index contributed by atoms with van der Waals surface area (Å²) in [6.07, 6.45) is 3.84. The number of amides is 1. The van der Waals surface area contributed by atoms with E-state index in [0.717, 1.165) is 22.9 Å². The number of hydrazone groups is 1. The summed E-state index contributed by atoms with van der Waals surface area (Å²) < 4.78 is 0.951. The van der Waals surface area contributed by atoms with E-state index in [1.807, 2.05) is 42.5 Å². The van der Waals surface area contributed by atoms with Crippen LogP contribution < -0.4 is 5.43 Å². The van der Waals surface area contributed by atoms with Gasteiger partial charge >= 0.3 is 0 Å². The number of carbonyl (C=O) groups excluding carboxylic acids is 1. The smallest absolute Gasteiger partial charge is 0.240 e. The molecule has 4 heteroatoms. The summed E-state index contributed by atoms with van der Waals surface area (Å²) in [6, 6.07) is 17.9. The minimum absolute atomic E-state index is 0.0609. The number of benzene rings is 2. The van der Waals surface area contributed by atoms with Gasteiger partial charge in [0.05, 0.1) is 6.21 Å². The van der Waals surface area contributed by atoms with Crippen molar-refractivity contribution in [2.75, 3.05) is 0 Å². The van der Waals surface area contributed by atoms with E-state index in [9.17, 15) is 4.79 Å². The summed E-state index contributed by atoms with van der Waals surface area (Å²) in [5, 5.41) is 3.97. The van der Waals surface area contributed by atoms with E-state index < -0.39 is 0 Å². The lowest BCUT2D eigenvalue weighted by atomic mass is 10.1. The molecule has 0 radical (unpaired) electrons. The van der Waals surface area contributed by atoms with Crippen LogP contribution in [-0.4, -0.2) is 12.1 Å². The number of nitrogens with zero attached hydrogens (tertiary/aromatic N) is 1. The zero-order valence-corrected chi connectivity index (χ0v) is 13.2. The number of hydrogen-bond acceptors (Lipinski definition) is 2. The molecule has 0 aliphatic carbocycles. The molecule has 2 rings (SSSR count). The molecule has 0 fully saturated rings. The molecule has 3 nitrogen and oxygen atoms in total. The lowest BCUT2D eigenvalue weighted by molar-refractivity contribution is -0.121. The Bertz CT molecular complexity index is 611. The second-order valence-electron chi connectivity index (χ2n) is 4.65. The van der Waals surface area contributed by atoms with Gasteiger partial charge in [0, 0.05) is 16.5 Å². The predicted molar refractivity (Wildman–Crippen MR) is 89.3 cm³/mol. The van der Waals surface area contributed by atoms with Gasteiger partial charge < -0.3 is 0 Å². The van der Waals surface area contributed by atoms with Crippen LogP contribution in [0.25, 0.3) is 0 Å². The number of carbonyl (C=O) groups is 1. The Morgan fingerprint density at radius 3 is 2.57 bits per heavy atom. The van der Waals surface area contributed by atoms with Gasteiger partial charge in [-0.2, -0.15) is 5.10 Å². The van der Waals surface area contributed by atoms with Crippen molar-refractivity contribution in [3.05, 3.63) is 70.2 Å². The van der Waals surface area contributed by atoms with Gasteiger partial charge in [0.15, 0.2) is 0 Å². The van der Waals surface area contributed by atoms with Crippen LogP contribution in [0.1, 0.15) is 24.0 Å². The van der Waals surface area contributed by atoms with Gasteiger partial charge in [-0.15, -0.1) is 0 Å². The Morgan fingerprint density at radius 2 is 1.81 bits per heavy atom. The van der Waals surface area contributed by atoms with E-state index in [-0.39, 0.29) is 5.91 Å². The highest BCUT2D eigenvalue weighted by Crippen LogP contribution is 2.13. The third-order valence-electron chi connectivity index (χ3n) is 3.01. The fourth-order valence-corrected chi connectivity index (χ4v) is 2.29. The normalized spacial score (nSPS) is 10.7. The Morgan fingerprint density at radius 1 is 1.10 bits per heavy atom. The molecule has 1 amide bonds. The molecule has 0 saturated heterocycles. The van der Waals surface area contributed by atoms with Gasteiger partial charge in [-0.3, -0.25) is 4.79 Å². The van der Waals surface area contributed by atoms with Gasteiger partial charge in [0.2, 0.25) is 5.91 Å². The van der Waals surface area contributed by atoms with Crippen LogP contribution in [0.3, 0.4) is 0 Å². The number of hydrogen-bond donors (Lipinski definition) is 1. The van der Waals surface area contributed by atoms with Crippen LogP contribution in [0.4, 0.5) is 0 Å². The quantitative estimate of drug-likeness (QED) is 0.626. The molecule has 0 spiro atoms. The van der Waals surface area contributed by atoms with E-state index in [2.05, 4.69) is 38.6 Å². The fraction of sp³-hybridized carbons (Fsp3) is 0.176. The molecule has 0 aromatic heterocycles. The highest BCUT2D eigenvalue weighted by atomic mass is 79.9. The number of nitrogens with one attached hydrogen (secondary N) is 1. The zero-order chi connectivity index (χ0) is 14.9. The van der Waals surface area contributed by atoms with Crippen molar-refractivity contribution in [1.82, 2.24) is 5.43 Å². The van der Waals surface area contributed by atoms with E-state index in [0.29, 0.717) is 6.42 Å². The van der Waals surface area contributed by atoms with Crippen molar-refractivity contribution in [3.63, 3.8) is 0 Å². The van der Waals surface area contributed by atoms with Gasteiger partial charge in [-0.1, -0.05) is 64.5 Å². The highest BCUT2D eigenvalue weighted by Gasteiger charge is 2.00. The van der Waals surface area contributed by atoms with Crippen LogP contribution in [0.5, 0.6) is 0 Å². The number of aryl methyl sites for hydroxylation is 1. The van der Waals surface area contributed by atoms with Crippen LogP contribution >= 0.6 is 15.9 Å². The number of rotatable bonds is 6. The van der Waals surface area contributed by atoms with Crippen molar-refractivity contribution >= 4 is 28.1 Å². The van der Waals surface area contributed by atoms with Crippen molar-refractivity contribution in [2.45, 2.75) is 19.3 Å². The summed E-state index contributed by atoms with van der Waals surface area (Å²) >= 11 is 3.43. The molecule has 0 saturated carbocycles. The minimum Gasteiger partial charge on any atom is -0.273 e. The molecule has 1 N–H and O–H groups in total. The largest absolute Gasteiger partial charge is 0.273 e. The molecule has 0 aliphatic rings. The summed E-state index contributed by atoms with van der Waals surface area (Å²) in [7, 11) is 0. The molecule has 21 heavy (non-hydrogen) atoms. The Balaban J connectivity index is 1.71. The van der Waals surface area contributed by atoms with Crippen molar-refractivity contribution in [2.24, 2.45) is 5.10 Å². The van der Waals surface area contributed by atoms with Crippen LogP contribution in [0, 0.1) is 0 Å². The first-order valence-corrected chi connectivity index (χ1v) is 7.65. The fourth-order valence-electron chi connectivity index (χ4n) is 1.91. The molecule has 0 aliphatic heterocycles. The maximum atomic E-state index is 11.7. The second kappa shape index (κ2) is 8.37. The van der Waals surface area contributed by atoms with Gasteiger partial charge in [-0.25, -0.2) is 5.43 Å². The lowest BCUT2D eigenvalue weighted by Gasteiger charge is -2.01. The van der Waals surface area contributed by atoms with Crippen LogP contribution in [0.2, 0.25) is 0 Å². The van der Waals surface area contributed by atoms with E-state index in [1.165, 1.54) is 5.56 Å².